The first kappa shape index (κ1) is 23.8. The van der Waals surface area contributed by atoms with Crippen LogP contribution in [0.5, 0.6) is 0 Å². The molecule has 1 N–H and O–H groups in total. The number of nitrogens with zero attached hydrogens (tertiary/aromatic N) is 2. The minimum Gasteiger partial charge on any atom is -0.378 e. The van der Waals surface area contributed by atoms with E-state index in [2.05, 4.69) is 10.2 Å². The molecule has 1 amide bonds. The van der Waals surface area contributed by atoms with E-state index in [1.807, 2.05) is 49.4 Å². The number of morpholine rings is 1. The van der Waals surface area contributed by atoms with E-state index in [-0.39, 0.29) is 12.5 Å². The Morgan fingerprint density at radius 3 is 2.29 bits per heavy atom. The van der Waals surface area contributed by atoms with Crippen LogP contribution in [0, 0.1) is 6.92 Å². The molecule has 0 aromatic heterocycles. The molecule has 178 valence electrons. The summed E-state index contributed by atoms with van der Waals surface area (Å²) < 4.78 is 31.6. The zero-order valence-corrected chi connectivity index (χ0v) is 20.2. The van der Waals surface area contributed by atoms with Crippen molar-refractivity contribution in [2.75, 3.05) is 47.1 Å². The van der Waals surface area contributed by atoms with Crippen LogP contribution in [0.15, 0.2) is 72.8 Å². The quantitative estimate of drug-likeness (QED) is 0.553. The van der Waals surface area contributed by atoms with Crippen LogP contribution in [0.25, 0.3) is 0 Å². The zero-order chi connectivity index (χ0) is 24.1. The van der Waals surface area contributed by atoms with Crippen LogP contribution in [-0.4, -0.2) is 46.9 Å². The van der Waals surface area contributed by atoms with Crippen molar-refractivity contribution >= 4 is 33.0 Å². The lowest BCUT2D eigenvalue weighted by atomic mass is 10.1. The summed E-state index contributed by atoms with van der Waals surface area (Å²) in [5, 5.41) is 2.92. The molecule has 1 aliphatic heterocycles. The highest BCUT2D eigenvalue weighted by Crippen LogP contribution is 2.23. The Kier molecular flexibility index (Phi) is 7.19. The van der Waals surface area contributed by atoms with Gasteiger partial charge in [0.25, 0.3) is 5.91 Å². The highest BCUT2D eigenvalue weighted by Gasteiger charge is 2.18. The summed E-state index contributed by atoms with van der Waals surface area (Å²) in [6.45, 7) is 5.28. The fraction of sp³-hybridized carbons (Fsp3) is 0.269. The zero-order valence-electron chi connectivity index (χ0n) is 19.4. The highest BCUT2D eigenvalue weighted by atomic mass is 32.2. The molecule has 0 bridgehead atoms. The highest BCUT2D eigenvalue weighted by molar-refractivity contribution is 7.92. The van der Waals surface area contributed by atoms with E-state index in [1.165, 1.54) is 10.6 Å². The molecule has 0 saturated carbocycles. The maximum absolute atomic E-state index is 12.7. The van der Waals surface area contributed by atoms with Gasteiger partial charge in [-0.2, -0.15) is 0 Å². The van der Waals surface area contributed by atoms with Crippen molar-refractivity contribution in [3.8, 4) is 0 Å². The fourth-order valence-electron chi connectivity index (χ4n) is 3.89. The predicted octanol–water partition coefficient (Wildman–Crippen LogP) is 4.05. The van der Waals surface area contributed by atoms with E-state index in [9.17, 15) is 13.2 Å². The number of sulfonamides is 1. The summed E-state index contributed by atoms with van der Waals surface area (Å²) in [4.78, 5) is 15.0. The maximum Gasteiger partial charge on any atom is 0.255 e. The number of anilines is 3. The van der Waals surface area contributed by atoms with Gasteiger partial charge in [-0.1, -0.05) is 24.3 Å². The van der Waals surface area contributed by atoms with Gasteiger partial charge in [-0.15, -0.1) is 0 Å². The van der Waals surface area contributed by atoms with Gasteiger partial charge in [0.1, 0.15) is 0 Å². The molecule has 1 fully saturated rings. The minimum absolute atomic E-state index is 0.188. The summed E-state index contributed by atoms with van der Waals surface area (Å²) in [6.07, 6.45) is 1.20. The van der Waals surface area contributed by atoms with Crippen LogP contribution in [-0.2, 0) is 21.3 Å². The van der Waals surface area contributed by atoms with Crippen molar-refractivity contribution in [3.05, 3.63) is 89.5 Å². The molecule has 3 aromatic carbocycles. The van der Waals surface area contributed by atoms with Crippen molar-refractivity contribution < 1.29 is 17.9 Å². The number of carbonyl (C=O) groups is 1. The average molecular weight is 480 g/mol. The van der Waals surface area contributed by atoms with Crippen LogP contribution < -0.4 is 14.5 Å². The number of nitrogens with one attached hydrogen (secondary N) is 1. The van der Waals surface area contributed by atoms with Crippen molar-refractivity contribution in [2.45, 2.75) is 13.5 Å². The number of amides is 1. The lowest BCUT2D eigenvalue weighted by Gasteiger charge is -2.28. The Morgan fingerprint density at radius 2 is 1.68 bits per heavy atom. The predicted molar refractivity (Wildman–Crippen MR) is 136 cm³/mol. The smallest absolute Gasteiger partial charge is 0.255 e. The first-order valence-electron chi connectivity index (χ1n) is 11.2. The Hall–Kier alpha value is -3.36. The minimum atomic E-state index is -3.47. The number of rotatable bonds is 7. The topological polar surface area (TPSA) is 79.0 Å². The van der Waals surface area contributed by atoms with Gasteiger partial charge >= 0.3 is 0 Å². The van der Waals surface area contributed by atoms with E-state index >= 15 is 0 Å². The number of hydrogen-bond acceptors (Lipinski definition) is 5. The monoisotopic (exact) mass is 479 g/mol. The van der Waals surface area contributed by atoms with Crippen molar-refractivity contribution in [2.24, 2.45) is 0 Å². The molecule has 7 nitrogen and oxygen atoms in total. The molecule has 1 saturated heterocycles. The van der Waals surface area contributed by atoms with Gasteiger partial charge < -0.3 is 15.0 Å². The fourth-order valence-corrected chi connectivity index (χ4v) is 4.77. The van der Waals surface area contributed by atoms with Gasteiger partial charge in [0.2, 0.25) is 10.0 Å². The Morgan fingerprint density at radius 1 is 1.00 bits per heavy atom. The van der Waals surface area contributed by atoms with E-state index in [1.54, 1.807) is 30.3 Å². The van der Waals surface area contributed by atoms with Crippen molar-refractivity contribution in [1.82, 2.24) is 0 Å². The summed E-state index contributed by atoms with van der Waals surface area (Å²) in [5.74, 6) is -0.218. The largest absolute Gasteiger partial charge is 0.378 e. The first-order chi connectivity index (χ1) is 16.3. The van der Waals surface area contributed by atoms with Gasteiger partial charge in [0, 0.05) is 30.0 Å². The normalized spacial score (nSPS) is 14.0. The number of benzene rings is 3. The lowest BCUT2D eigenvalue weighted by molar-refractivity contribution is 0.102. The maximum atomic E-state index is 12.7. The number of hydrogen-bond donors (Lipinski definition) is 1. The molecule has 3 aromatic rings. The van der Waals surface area contributed by atoms with Gasteiger partial charge in [-0.25, -0.2) is 8.42 Å². The average Bonchev–Trinajstić information content (AvgIpc) is 2.83. The SMILES string of the molecule is Cc1cccc(N(Cc2ccc(C(=O)Nc3ccc(N4CCOCC4)cc3)cc2)S(C)(=O)=O)c1. The standard InChI is InChI=1S/C26H29N3O4S/c1-20-4-3-5-25(18-20)29(34(2,31)32)19-21-6-8-22(9-7-21)26(30)27-23-10-12-24(13-11-23)28-14-16-33-17-15-28/h3-13,18H,14-17,19H2,1-2H3,(H,27,30). The molecule has 4 rings (SSSR count). The van der Waals surface area contributed by atoms with Crippen LogP contribution in [0.2, 0.25) is 0 Å². The number of aryl methyl sites for hydroxylation is 1. The van der Waals surface area contributed by atoms with E-state index in [0.717, 1.165) is 43.1 Å². The molecule has 0 radical (unpaired) electrons. The summed E-state index contributed by atoms with van der Waals surface area (Å²) in [6, 6.07) is 22.1. The Labute approximate surface area is 201 Å². The van der Waals surface area contributed by atoms with Crippen LogP contribution in [0.1, 0.15) is 21.5 Å². The van der Waals surface area contributed by atoms with E-state index in [0.29, 0.717) is 16.9 Å². The molecule has 0 aliphatic carbocycles. The third kappa shape index (κ3) is 5.95. The van der Waals surface area contributed by atoms with Crippen LogP contribution in [0.4, 0.5) is 17.1 Å². The first-order valence-corrected chi connectivity index (χ1v) is 13.0. The molecule has 8 heteroatoms. The molecule has 0 atom stereocenters. The second kappa shape index (κ2) is 10.3. The summed E-state index contributed by atoms with van der Waals surface area (Å²) in [5.41, 5.74) is 4.71. The second-order valence-electron chi connectivity index (χ2n) is 8.41. The third-order valence-corrected chi connectivity index (χ3v) is 6.87. The van der Waals surface area contributed by atoms with Gasteiger partial charge in [-0.3, -0.25) is 9.10 Å². The molecule has 1 heterocycles. The molecule has 0 spiro atoms. The van der Waals surface area contributed by atoms with Crippen molar-refractivity contribution in [3.63, 3.8) is 0 Å². The summed E-state index contributed by atoms with van der Waals surface area (Å²) >= 11 is 0. The lowest BCUT2D eigenvalue weighted by Crippen LogP contribution is -2.36. The Bertz CT molecular complexity index is 1240. The van der Waals surface area contributed by atoms with Gasteiger partial charge in [0.15, 0.2) is 0 Å². The van der Waals surface area contributed by atoms with Crippen LogP contribution >= 0.6 is 0 Å². The molecule has 34 heavy (non-hydrogen) atoms. The summed E-state index contributed by atoms with van der Waals surface area (Å²) in [7, 11) is -3.47. The van der Waals surface area contributed by atoms with Gasteiger partial charge in [-0.05, 0) is 66.6 Å². The molecular weight excluding hydrogens is 450 g/mol. The molecular formula is C26H29N3O4S. The van der Waals surface area contributed by atoms with E-state index < -0.39 is 10.0 Å². The molecule has 1 aliphatic rings. The van der Waals surface area contributed by atoms with Gasteiger partial charge in [0.05, 0.1) is 31.7 Å². The second-order valence-corrected chi connectivity index (χ2v) is 10.3. The van der Waals surface area contributed by atoms with E-state index in [4.69, 9.17) is 4.74 Å². The number of carbonyl (C=O) groups excluding carboxylic acids is 1. The Balaban J connectivity index is 1.42. The van der Waals surface area contributed by atoms with Crippen LogP contribution in [0.3, 0.4) is 0 Å². The molecule has 0 unspecified atom stereocenters. The van der Waals surface area contributed by atoms with Crippen molar-refractivity contribution in [1.29, 1.82) is 0 Å². The number of ether oxygens (including phenoxy) is 1. The third-order valence-electron chi connectivity index (χ3n) is 5.73.